The maximum atomic E-state index is 11.6. The Balaban J connectivity index is 2.41. The standard InChI is InChI=1S/C13H15ClN2O4/c1-7-16-11-4-8(13(18)19-2)3-10(12(11)20-7)15-6-9(17)5-14/h3-4,9,15,17H,5-6H2,1-2H3. The normalized spacial score (nSPS) is 12.4. The fourth-order valence-corrected chi connectivity index (χ4v) is 1.90. The number of hydrogen-bond acceptors (Lipinski definition) is 6. The number of aliphatic hydroxyl groups is 1. The summed E-state index contributed by atoms with van der Waals surface area (Å²) in [7, 11) is 1.31. The van der Waals surface area contributed by atoms with Crippen molar-refractivity contribution >= 4 is 34.4 Å². The number of oxazole rings is 1. The maximum Gasteiger partial charge on any atom is 0.338 e. The van der Waals surface area contributed by atoms with E-state index in [0.717, 1.165) is 0 Å². The number of ether oxygens (including phenoxy) is 1. The molecule has 1 aromatic carbocycles. The number of aromatic nitrogens is 1. The number of aryl methyl sites for hydroxylation is 1. The van der Waals surface area contributed by atoms with Crippen LogP contribution in [0.4, 0.5) is 5.69 Å². The van der Waals surface area contributed by atoms with Crippen LogP contribution in [0.1, 0.15) is 16.2 Å². The van der Waals surface area contributed by atoms with Crippen LogP contribution in [0.5, 0.6) is 0 Å². The molecule has 0 aliphatic carbocycles. The number of nitrogens with one attached hydrogen (secondary N) is 1. The van der Waals surface area contributed by atoms with Gasteiger partial charge in [0.2, 0.25) is 0 Å². The van der Waals surface area contributed by atoms with Gasteiger partial charge in [0.25, 0.3) is 0 Å². The molecular formula is C13H15ClN2O4. The number of hydrogen-bond donors (Lipinski definition) is 2. The van der Waals surface area contributed by atoms with Gasteiger partial charge in [-0.3, -0.25) is 0 Å². The number of methoxy groups -OCH3 is 1. The van der Waals surface area contributed by atoms with E-state index in [9.17, 15) is 9.90 Å². The summed E-state index contributed by atoms with van der Waals surface area (Å²) in [6.45, 7) is 1.96. The molecule has 1 unspecified atom stereocenters. The number of carbonyl (C=O) groups is 1. The highest BCUT2D eigenvalue weighted by atomic mass is 35.5. The summed E-state index contributed by atoms with van der Waals surface area (Å²) >= 11 is 5.54. The lowest BCUT2D eigenvalue weighted by Gasteiger charge is -2.11. The molecule has 0 aliphatic rings. The Hall–Kier alpha value is -1.79. The van der Waals surface area contributed by atoms with Gasteiger partial charge in [0, 0.05) is 13.5 Å². The predicted octanol–water partition coefficient (Wildman–Crippen LogP) is 1.93. The number of anilines is 1. The van der Waals surface area contributed by atoms with E-state index >= 15 is 0 Å². The fraction of sp³-hybridized carbons (Fsp3) is 0.385. The Morgan fingerprint density at radius 1 is 1.60 bits per heavy atom. The van der Waals surface area contributed by atoms with Crippen molar-refractivity contribution in [2.75, 3.05) is 24.9 Å². The van der Waals surface area contributed by atoms with E-state index in [1.54, 1.807) is 19.1 Å². The molecule has 0 saturated heterocycles. The third kappa shape index (κ3) is 3.02. The van der Waals surface area contributed by atoms with Crippen molar-refractivity contribution in [3.05, 3.63) is 23.6 Å². The second-order valence-corrected chi connectivity index (χ2v) is 4.59. The summed E-state index contributed by atoms with van der Waals surface area (Å²) in [5.41, 5.74) is 1.99. The summed E-state index contributed by atoms with van der Waals surface area (Å²) in [6, 6.07) is 3.20. The molecule has 0 bridgehead atoms. The van der Waals surface area contributed by atoms with E-state index in [4.69, 9.17) is 20.8 Å². The fourth-order valence-electron chi connectivity index (χ4n) is 1.79. The largest absolute Gasteiger partial charge is 0.465 e. The first-order chi connectivity index (χ1) is 9.55. The van der Waals surface area contributed by atoms with Crippen molar-refractivity contribution in [2.24, 2.45) is 0 Å². The summed E-state index contributed by atoms with van der Waals surface area (Å²) in [5, 5.41) is 12.5. The molecule has 1 heterocycles. The van der Waals surface area contributed by atoms with Crippen LogP contribution in [-0.4, -0.2) is 41.7 Å². The van der Waals surface area contributed by atoms with Crippen molar-refractivity contribution in [3.8, 4) is 0 Å². The first kappa shape index (κ1) is 14.6. The molecule has 0 spiro atoms. The molecule has 1 atom stereocenters. The van der Waals surface area contributed by atoms with Crippen LogP contribution in [0.3, 0.4) is 0 Å². The molecule has 108 valence electrons. The molecule has 0 aliphatic heterocycles. The highest BCUT2D eigenvalue weighted by molar-refractivity contribution is 6.18. The van der Waals surface area contributed by atoms with Crippen molar-refractivity contribution in [1.29, 1.82) is 0 Å². The average molecular weight is 299 g/mol. The summed E-state index contributed by atoms with van der Waals surface area (Å²) < 4.78 is 10.2. The lowest BCUT2D eigenvalue weighted by Crippen LogP contribution is -2.21. The number of esters is 1. The molecule has 0 radical (unpaired) electrons. The van der Waals surface area contributed by atoms with Gasteiger partial charge in [-0.25, -0.2) is 9.78 Å². The van der Waals surface area contributed by atoms with Crippen LogP contribution in [0.25, 0.3) is 11.1 Å². The molecule has 0 fully saturated rings. The minimum atomic E-state index is -0.697. The van der Waals surface area contributed by atoms with E-state index in [1.165, 1.54) is 7.11 Å². The van der Waals surface area contributed by atoms with Gasteiger partial charge in [0.05, 0.1) is 30.3 Å². The monoisotopic (exact) mass is 298 g/mol. The number of fused-ring (bicyclic) bond motifs is 1. The van der Waals surface area contributed by atoms with Crippen LogP contribution in [0.2, 0.25) is 0 Å². The lowest BCUT2D eigenvalue weighted by molar-refractivity contribution is 0.0601. The lowest BCUT2D eigenvalue weighted by atomic mass is 10.1. The van der Waals surface area contributed by atoms with Crippen LogP contribution in [-0.2, 0) is 4.74 Å². The Labute approximate surface area is 120 Å². The van der Waals surface area contributed by atoms with Gasteiger partial charge in [0.15, 0.2) is 11.5 Å². The minimum Gasteiger partial charge on any atom is -0.465 e. The second kappa shape index (κ2) is 6.11. The number of alkyl halides is 1. The Morgan fingerprint density at radius 3 is 3.00 bits per heavy atom. The molecule has 20 heavy (non-hydrogen) atoms. The van der Waals surface area contributed by atoms with E-state index in [2.05, 4.69) is 10.3 Å². The molecular weight excluding hydrogens is 284 g/mol. The van der Waals surface area contributed by atoms with E-state index in [-0.39, 0.29) is 12.4 Å². The highest BCUT2D eigenvalue weighted by Gasteiger charge is 2.15. The number of nitrogens with zero attached hydrogens (tertiary/aromatic N) is 1. The van der Waals surface area contributed by atoms with Crippen LogP contribution in [0.15, 0.2) is 16.5 Å². The molecule has 6 nitrogen and oxygen atoms in total. The molecule has 2 rings (SSSR count). The highest BCUT2D eigenvalue weighted by Crippen LogP contribution is 2.26. The molecule has 0 saturated carbocycles. The van der Waals surface area contributed by atoms with Gasteiger partial charge in [-0.2, -0.15) is 0 Å². The zero-order valence-corrected chi connectivity index (χ0v) is 11.9. The average Bonchev–Trinajstić information content (AvgIpc) is 2.83. The number of halogens is 1. The number of benzene rings is 1. The molecule has 1 aromatic heterocycles. The quantitative estimate of drug-likeness (QED) is 0.648. The number of rotatable bonds is 5. The Morgan fingerprint density at radius 2 is 2.35 bits per heavy atom. The van der Waals surface area contributed by atoms with E-state index in [1.807, 2.05) is 0 Å². The van der Waals surface area contributed by atoms with Crippen LogP contribution < -0.4 is 5.32 Å². The van der Waals surface area contributed by atoms with Crippen LogP contribution in [0, 0.1) is 6.92 Å². The summed E-state index contributed by atoms with van der Waals surface area (Å²) in [5.74, 6) is 0.138. The molecule has 0 amide bonds. The van der Waals surface area contributed by atoms with Gasteiger partial charge in [-0.15, -0.1) is 11.6 Å². The molecule has 7 heteroatoms. The van der Waals surface area contributed by atoms with Crippen molar-refractivity contribution in [1.82, 2.24) is 4.98 Å². The number of carbonyl (C=O) groups excluding carboxylic acids is 1. The predicted molar refractivity (Wildman–Crippen MR) is 75.3 cm³/mol. The zero-order chi connectivity index (χ0) is 14.7. The van der Waals surface area contributed by atoms with Crippen LogP contribution >= 0.6 is 11.6 Å². The minimum absolute atomic E-state index is 0.113. The SMILES string of the molecule is COC(=O)c1cc(NCC(O)CCl)c2oc(C)nc2c1. The first-order valence-electron chi connectivity index (χ1n) is 6.02. The molecule has 2 aromatic rings. The molecule has 2 N–H and O–H groups in total. The second-order valence-electron chi connectivity index (χ2n) is 4.29. The Bertz CT molecular complexity index is 626. The van der Waals surface area contributed by atoms with Crippen molar-refractivity contribution in [2.45, 2.75) is 13.0 Å². The summed E-state index contributed by atoms with van der Waals surface area (Å²) in [4.78, 5) is 15.8. The third-order valence-electron chi connectivity index (χ3n) is 2.72. The maximum absolute atomic E-state index is 11.6. The smallest absolute Gasteiger partial charge is 0.338 e. The van der Waals surface area contributed by atoms with Gasteiger partial charge >= 0.3 is 5.97 Å². The zero-order valence-electron chi connectivity index (χ0n) is 11.1. The van der Waals surface area contributed by atoms with Gasteiger partial charge in [0.1, 0.15) is 5.52 Å². The van der Waals surface area contributed by atoms with E-state index < -0.39 is 12.1 Å². The van der Waals surface area contributed by atoms with Crippen molar-refractivity contribution < 1.29 is 19.1 Å². The van der Waals surface area contributed by atoms with Crippen molar-refractivity contribution in [3.63, 3.8) is 0 Å². The number of aliphatic hydroxyl groups excluding tert-OH is 1. The Kier molecular flexibility index (Phi) is 4.46. The first-order valence-corrected chi connectivity index (χ1v) is 6.56. The van der Waals surface area contributed by atoms with Gasteiger partial charge < -0.3 is 19.6 Å². The van der Waals surface area contributed by atoms with E-state index in [0.29, 0.717) is 28.2 Å². The topological polar surface area (TPSA) is 84.6 Å². The van der Waals surface area contributed by atoms with Gasteiger partial charge in [-0.05, 0) is 12.1 Å². The summed E-state index contributed by atoms with van der Waals surface area (Å²) in [6.07, 6.45) is -0.697. The van der Waals surface area contributed by atoms with Gasteiger partial charge in [-0.1, -0.05) is 0 Å². The third-order valence-corrected chi connectivity index (χ3v) is 3.08.